The number of non-ortho nitro benzene ring substituents is 1. The number of hydrogen-bond acceptors (Lipinski definition) is 4. The highest BCUT2D eigenvalue weighted by atomic mass is 16.6. The van der Waals surface area contributed by atoms with E-state index in [1.54, 1.807) is 0 Å². The van der Waals surface area contributed by atoms with Gasteiger partial charge in [0.2, 0.25) is 0 Å². The second-order valence-electron chi connectivity index (χ2n) is 6.30. The summed E-state index contributed by atoms with van der Waals surface area (Å²) in [5.74, 6) is -0.0736. The van der Waals surface area contributed by atoms with Crippen molar-refractivity contribution in [1.82, 2.24) is 4.90 Å². The molecule has 1 aliphatic rings. The monoisotopic (exact) mass is 339 g/mol. The van der Waals surface area contributed by atoms with Crippen LogP contribution in [0.3, 0.4) is 0 Å². The van der Waals surface area contributed by atoms with Crippen LogP contribution in [0.25, 0.3) is 0 Å². The number of aryl methyl sites for hydroxylation is 1. The SMILES string of the molecule is Cc1cccc(N2CCN(C(=O)c3ccc([N+](=O)[O-])cc3)CC2)c1C. The molecule has 0 bridgehead atoms. The second-order valence-corrected chi connectivity index (χ2v) is 6.30. The zero-order valence-corrected chi connectivity index (χ0v) is 14.4. The van der Waals surface area contributed by atoms with Crippen LogP contribution >= 0.6 is 0 Å². The molecule has 1 heterocycles. The molecule has 1 aliphatic heterocycles. The molecular formula is C19H21N3O3. The molecule has 3 rings (SSSR count). The lowest BCUT2D eigenvalue weighted by Crippen LogP contribution is -2.49. The average Bonchev–Trinajstić information content (AvgIpc) is 2.64. The summed E-state index contributed by atoms with van der Waals surface area (Å²) < 4.78 is 0. The minimum Gasteiger partial charge on any atom is -0.368 e. The van der Waals surface area contributed by atoms with E-state index in [4.69, 9.17) is 0 Å². The molecule has 1 saturated heterocycles. The molecule has 0 saturated carbocycles. The molecule has 0 atom stereocenters. The minimum absolute atomic E-state index is 0.00343. The van der Waals surface area contributed by atoms with Gasteiger partial charge < -0.3 is 9.80 Å². The largest absolute Gasteiger partial charge is 0.368 e. The Morgan fingerprint density at radius 1 is 1.00 bits per heavy atom. The molecule has 0 N–H and O–H groups in total. The van der Waals surface area contributed by atoms with Crippen LogP contribution in [-0.2, 0) is 0 Å². The third kappa shape index (κ3) is 3.47. The fourth-order valence-corrected chi connectivity index (χ4v) is 3.14. The van der Waals surface area contributed by atoms with Crippen molar-refractivity contribution in [1.29, 1.82) is 0 Å². The summed E-state index contributed by atoms with van der Waals surface area (Å²) in [4.78, 5) is 26.9. The van der Waals surface area contributed by atoms with E-state index in [2.05, 4.69) is 36.9 Å². The fraction of sp³-hybridized carbons (Fsp3) is 0.316. The summed E-state index contributed by atoms with van der Waals surface area (Å²) in [7, 11) is 0. The number of benzene rings is 2. The van der Waals surface area contributed by atoms with Gasteiger partial charge in [-0.1, -0.05) is 12.1 Å². The molecule has 2 aromatic rings. The van der Waals surface area contributed by atoms with Crippen LogP contribution in [0.15, 0.2) is 42.5 Å². The lowest BCUT2D eigenvalue weighted by molar-refractivity contribution is -0.384. The molecular weight excluding hydrogens is 318 g/mol. The molecule has 0 unspecified atom stereocenters. The van der Waals surface area contributed by atoms with E-state index >= 15 is 0 Å². The van der Waals surface area contributed by atoms with Gasteiger partial charge in [0.25, 0.3) is 11.6 Å². The fourth-order valence-electron chi connectivity index (χ4n) is 3.14. The number of nitrogens with zero attached hydrogens (tertiary/aromatic N) is 3. The van der Waals surface area contributed by atoms with Gasteiger partial charge >= 0.3 is 0 Å². The first-order chi connectivity index (χ1) is 12.0. The number of piperazine rings is 1. The van der Waals surface area contributed by atoms with Crippen LogP contribution in [0.1, 0.15) is 21.5 Å². The summed E-state index contributed by atoms with van der Waals surface area (Å²) in [6, 6.07) is 12.1. The maximum atomic E-state index is 12.6. The molecule has 0 spiro atoms. The van der Waals surface area contributed by atoms with E-state index in [0.717, 1.165) is 13.1 Å². The van der Waals surface area contributed by atoms with Gasteiger partial charge in [-0.15, -0.1) is 0 Å². The van der Waals surface area contributed by atoms with Crippen molar-refractivity contribution in [2.45, 2.75) is 13.8 Å². The molecule has 6 heteroatoms. The second kappa shape index (κ2) is 6.93. The Kier molecular flexibility index (Phi) is 4.70. The highest BCUT2D eigenvalue weighted by Crippen LogP contribution is 2.24. The Labute approximate surface area is 146 Å². The van der Waals surface area contributed by atoms with Gasteiger partial charge in [-0.05, 0) is 43.2 Å². The molecule has 6 nitrogen and oxygen atoms in total. The minimum atomic E-state index is -0.461. The quantitative estimate of drug-likeness (QED) is 0.636. The molecule has 0 aliphatic carbocycles. The van der Waals surface area contributed by atoms with Crippen molar-refractivity contribution < 1.29 is 9.72 Å². The van der Waals surface area contributed by atoms with Gasteiger partial charge in [0.1, 0.15) is 0 Å². The number of carbonyl (C=O) groups excluding carboxylic acids is 1. The maximum absolute atomic E-state index is 12.6. The van der Waals surface area contributed by atoms with Crippen LogP contribution in [0.5, 0.6) is 0 Å². The molecule has 130 valence electrons. The Morgan fingerprint density at radius 2 is 1.64 bits per heavy atom. The Hall–Kier alpha value is -2.89. The number of rotatable bonds is 3. The normalized spacial score (nSPS) is 14.5. The van der Waals surface area contributed by atoms with Crippen LogP contribution in [0.2, 0.25) is 0 Å². The van der Waals surface area contributed by atoms with Gasteiger partial charge in [0.15, 0.2) is 0 Å². The maximum Gasteiger partial charge on any atom is 0.269 e. The number of nitro groups is 1. The Morgan fingerprint density at radius 3 is 2.24 bits per heavy atom. The Bertz CT molecular complexity index is 794. The van der Waals surface area contributed by atoms with Crippen molar-refractivity contribution in [2.24, 2.45) is 0 Å². The number of hydrogen-bond donors (Lipinski definition) is 0. The molecule has 0 aromatic heterocycles. The van der Waals surface area contributed by atoms with Crippen molar-refractivity contribution in [3.8, 4) is 0 Å². The van der Waals surface area contributed by atoms with Crippen molar-refractivity contribution >= 4 is 17.3 Å². The molecule has 0 radical (unpaired) electrons. The summed E-state index contributed by atoms with van der Waals surface area (Å²) in [6.45, 7) is 7.07. The van der Waals surface area contributed by atoms with Crippen LogP contribution < -0.4 is 4.90 Å². The van der Waals surface area contributed by atoms with E-state index in [1.165, 1.54) is 41.1 Å². The summed E-state index contributed by atoms with van der Waals surface area (Å²) in [6.07, 6.45) is 0. The molecule has 1 fully saturated rings. The van der Waals surface area contributed by atoms with Gasteiger partial charge in [0, 0.05) is 49.6 Å². The molecule has 1 amide bonds. The molecule has 2 aromatic carbocycles. The number of carbonyl (C=O) groups is 1. The number of anilines is 1. The van der Waals surface area contributed by atoms with E-state index in [-0.39, 0.29) is 11.6 Å². The first kappa shape index (κ1) is 17.0. The standard InChI is InChI=1S/C19H21N3O3/c1-14-4-3-5-18(15(14)2)20-10-12-21(13-11-20)19(23)16-6-8-17(9-7-16)22(24)25/h3-9H,10-13H2,1-2H3. The zero-order valence-electron chi connectivity index (χ0n) is 14.4. The topological polar surface area (TPSA) is 66.7 Å². The third-order valence-electron chi connectivity index (χ3n) is 4.81. The van der Waals surface area contributed by atoms with Crippen molar-refractivity contribution in [3.63, 3.8) is 0 Å². The summed E-state index contributed by atoms with van der Waals surface area (Å²) in [5.41, 5.74) is 4.25. The summed E-state index contributed by atoms with van der Waals surface area (Å²) in [5, 5.41) is 10.7. The number of nitro benzene ring substituents is 1. The van der Waals surface area contributed by atoms with Crippen molar-refractivity contribution in [2.75, 3.05) is 31.1 Å². The lowest BCUT2D eigenvalue weighted by Gasteiger charge is -2.37. The highest BCUT2D eigenvalue weighted by Gasteiger charge is 2.23. The van der Waals surface area contributed by atoms with E-state index in [0.29, 0.717) is 18.7 Å². The van der Waals surface area contributed by atoms with Crippen LogP contribution in [0, 0.1) is 24.0 Å². The predicted octanol–water partition coefficient (Wildman–Crippen LogP) is 3.17. The predicted molar refractivity (Wildman–Crippen MR) is 97.1 cm³/mol. The lowest BCUT2D eigenvalue weighted by atomic mass is 10.1. The number of amides is 1. The first-order valence-electron chi connectivity index (χ1n) is 8.32. The van der Waals surface area contributed by atoms with Gasteiger partial charge in [-0.25, -0.2) is 0 Å². The van der Waals surface area contributed by atoms with Gasteiger partial charge in [-0.2, -0.15) is 0 Å². The smallest absolute Gasteiger partial charge is 0.269 e. The summed E-state index contributed by atoms with van der Waals surface area (Å²) >= 11 is 0. The van der Waals surface area contributed by atoms with Gasteiger partial charge in [-0.3, -0.25) is 14.9 Å². The third-order valence-corrected chi connectivity index (χ3v) is 4.81. The highest BCUT2D eigenvalue weighted by molar-refractivity contribution is 5.94. The zero-order chi connectivity index (χ0) is 18.0. The van der Waals surface area contributed by atoms with E-state index < -0.39 is 4.92 Å². The average molecular weight is 339 g/mol. The van der Waals surface area contributed by atoms with Crippen LogP contribution in [-0.4, -0.2) is 41.9 Å². The Balaban J connectivity index is 1.66. The van der Waals surface area contributed by atoms with E-state index in [9.17, 15) is 14.9 Å². The first-order valence-corrected chi connectivity index (χ1v) is 8.32. The molecule has 25 heavy (non-hydrogen) atoms. The van der Waals surface area contributed by atoms with E-state index in [1.807, 2.05) is 4.90 Å². The van der Waals surface area contributed by atoms with Crippen LogP contribution in [0.4, 0.5) is 11.4 Å². The van der Waals surface area contributed by atoms with Crippen molar-refractivity contribution in [3.05, 3.63) is 69.3 Å². The van der Waals surface area contributed by atoms with Gasteiger partial charge in [0.05, 0.1) is 4.92 Å².